The van der Waals surface area contributed by atoms with Crippen molar-refractivity contribution >= 4 is 16.1 Å². The van der Waals surface area contributed by atoms with Crippen molar-refractivity contribution in [3.8, 4) is 0 Å². The molecule has 6 nitrogen and oxygen atoms in total. The third kappa shape index (κ3) is 7.29. The van der Waals surface area contributed by atoms with E-state index in [0.717, 1.165) is 19.3 Å². The van der Waals surface area contributed by atoms with E-state index in [-0.39, 0.29) is 17.9 Å². The lowest BCUT2D eigenvalue weighted by atomic mass is 10.1. The second kappa shape index (κ2) is 6.04. The van der Waals surface area contributed by atoms with Gasteiger partial charge in [-0.3, -0.25) is 9.35 Å². The van der Waals surface area contributed by atoms with Crippen LogP contribution in [0.25, 0.3) is 0 Å². The predicted molar refractivity (Wildman–Crippen MR) is 54.8 cm³/mol. The van der Waals surface area contributed by atoms with Crippen LogP contribution < -0.4 is 5.73 Å². The van der Waals surface area contributed by atoms with E-state index in [1.807, 2.05) is 0 Å². The summed E-state index contributed by atoms with van der Waals surface area (Å²) in [5.41, 5.74) is 5.65. The van der Waals surface area contributed by atoms with Crippen molar-refractivity contribution in [2.45, 2.75) is 25.3 Å². The van der Waals surface area contributed by atoms with Crippen molar-refractivity contribution < 1.29 is 22.5 Å². The van der Waals surface area contributed by atoms with E-state index < -0.39 is 10.1 Å². The number of ether oxygens (including phenoxy) is 1. The molecule has 0 bridgehead atoms. The Morgan fingerprint density at radius 2 is 1.93 bits per heavy atom. The van der Waals surface area contributed by atoms with Crippen LogP contribution in [0.15, 0.2) is 0 Å². The van der Waals surface area contributed by atoms with E-state index in [0.29, 0.717) is 6.26 Å². The van der Waals surface area contributed by atoms with Gasteiger partial charge in [-0.25, -0.2) is 0 Å². The first-order chi connectivity index (χ1) is 6.75. The monoisotopic (exact) mass is 239 g/mol. The minimum Gasteiger partial charge on any atom is -0.469 e. The lowest BCUT2D eigenvalue weighted by Crippen LogP contribution is -2.31. The standard InChI is InChI=1S/C7H13NO2.CH4O3S/c1-10-7(9)5-3-2-4-6(5)8;1-5(2,3)4/h5-6H,2-4,8H2,1H3;1H3,(H,2,3,4)/t5-,6+;/m1./s1. The second-order valence-electron chi connectivity index (χ2n) is 3.46. The molecule has 2 atom stereocenters. The molecule has 0 saturated heterocycles. The molecule has 0 aliphatic heterocycles. The largest absolute Gasteiger partial charge is 0.469 e. The Kier molecular flexibility index (Phi) is 5.77. The zero-order valence-electron chi connectivity index (χ0n) is 8.84. The molecule has 1 aliphatic carbocycles. The van der Waals surface area contributed by atoms with Crippen LogP contribution in [0.4, 0.5) is 0 Å². The van der Waals surface area contributed by atoms with Gasteiger partial charge < -0.3 is 10.5 Å². The number of carbonyl (C=O) groups excluding carboxylic acids is 1. The van der Waals surface area contributed by atoms with Crippen LogP contribution in [0.3, 0.4) is 0 Å². The van der Waals surface area contributed by atoms with Gasteiger partial charge >= 0.3 is 5.97 Å². The fourth-order valence-corrected chi connectivity index (χ4v) is 1.43. The number of methoxy groups -OCH3 is 1. The molecule has 15 heavy (non-hydrogen) atoms. The zero-order valence-corrected chi connectivity index (χ0v) is 9.66. The summed E-state index contributed by atoms with van der Waals surface area (Å²) in [6.07, 6.45) is 3.63. The molecule has 1 rings (SSSR count). The summed E-state index contributed by atoms with van der Waals surface area (Å²) in [6, 6.07) is 0.0347. The Hall–Kier alpha value is -0.660. The molecular formula is C8H17NO5S. The maximum atomic E-state index is 10.9. The summed E-state index contributed by atoms with van der Waals surface area (Å²) in [4.78, 5) is 10.9. The van der Waals surface area contributed by atoms with E-state index in [9.17, 15) is 13.2 Å². The van der Waals surface area contributed by atoms with Gasteiger partial charge in [-0.15, -0.1) is 0 Å². The second-order valence-corrected chi connectivity index (χ2v) is 4.92. The SMILES string of the molecule is COC(=O)[C@@H]1CCC[C@@H]1N.CS(=O)(=O)O. The summed E-state index contributed by atoms with van der Waals surface area (Å²) in [5.74, 6) is -0.185. The Morgan fingerprint density at radius 3 is 2.20 bits per heavy atom. The molecule has 1 aliphatic rings. The van der Waals surface area contributed by atoms with E-state index in [4.69, 9.17) is 10.3 Å². The molecule has 1 saturated carbocycles. The zero-order chi connectivity index (χ0) is 12.1. The highest BCUT2D eigenvalue weighted by atomic mass is 32.2. The molecular weight excluding hydrogens is 222 g/mol. The maximum absolute atomic E-state index is 10.9. The first-order valence-corrected chi connectivity index (χ1v) is 6.36. The van der Waals surface area contributed by atoms with Crippen molar-refractivity contribution in [2.75, 3.05) is 13.4 Å². The molecule has 3 N–H and O–H groups in total. The number of hydrogen-bond acceptors (Lipinski definition) is 5. The quantitative estimate of drug-likeness (QED) is 0.484. The van der Waals surface area contributed by atoms with Gasteiger partial charge in [0.1, 0.15) is 0 Å². The van der Waals surface area contributed by atoms with E-state index in [1.165, 1.54) is 7.11 Å². The van der Waals surface area contributed by atoms with Gasteiger partial charge in [0.25, 0.3) is 10.1 Å². The van der Waals surface area contributed by atoms with Gasteiger partial charge in [0.05, 0.1) is 19.3 Å². The van der Waals surface area contributed by atoms with Gasteiger partial charge in [-0.05, 0) is 12.8 Å². The lowest BCUT2D eigenvalue weighted by Gasteiger charge is -2.11. The van der Waals surface area contributed by atoms with Crippen LogP contribution in [-0.2, 0) is 19.6 Å². The maximum Gasteiger partial charge on any atom is 0.310 e. The first-order valence-electron chi connectivity index (χ1n) is 4.51. The van der Waals surface area contributed by atoms with Crippen molar-refractivity contribution in [3.63, 3.8) is 0 Å². The van der Waals surface area contributed by atoms with Gasteiger partial charge in [0, 0.05) is 6.04 Å². The van der Waals surface area contributed by atoms with Crippen LogP contribution in [-0.4, -0.2) is 38.3 Å². The molecule has 0 unspecified atom stereocenters. The van der Waals surface area contributed by atoms with E-state index in [1.54, 1.807) is 0 Å². The van der Waals surface area contributed by atoms with E-state index >= 15 is 0 Å². The molecule has 0 heterocycles. The number of rotatable bonds is 1. The summed E-state index contributed by atoms with van der Waals surface area (Å²) >= 11 is 0. The average molecular weight is 239 g/mol. The normalized spacial score (nSPS) is 25.3. The van der Waals surface area contributed by atoms with Crippen molar-refractivity contribution in [1.29, 1.82) is 0 Å². The smallest absolute Gasteiger partial charge is 0.310 e. The van der Waals surface area contributed by atoms with Gasteiger partial charge in [0.15, 0.2) is 0 Å². The van der Waals surface area contributed by atoms with E-state index in [2.05, 4.69) is 4.74 Å². The third-order valence-corrected chi connectivity index (χ3v) is 2.07. The van der Waals surface area contributed by atoms with Gasteiger partial charge in [0.2, 0.25) is 0 Å². The summed E-state index contributed by atoms with van der Waals surface area (Å²) in [6.45, 7) is 0. The van der Waals surface area contributed by atoms with Crippen LogP contribution in [0.1, 0.15) is 19.3 Å². The van der Waals surface area contributed by atoms with Crippen LogP contribution in [0.2, 0.25) is 0 Å². The highest BCUT2D eigenvalue weighted by Crippen LogP contribution is 2.24. The van der Waals surface area contributed by atoms with Crippen molar-refractivity contribution in [3.05, 3.63) is 0 Å². The predicted octanol–water partition coefficient (Wildman–Crippen LogP) is -0.209. The topological polar surface area (TPSA) is 107 Å². The Labute approximate surface area is 89.5 Å². The lowest BCUT2D eigenvalue weighted by molar-refractivity contribution is -0.145. The molecule has 90 valence electrons. The summed E-state index contributed by atoms with van der Waals surface area (Å²) in [5, 5.41) is 0. The summed E-state index contributed by atoms with van der Waals surface area (Å²) in [7, 11) is -2.26. The first kappa shape index (κ1) is 14.3. The third-order valence-electron chi connectivity index (χ3n) is 2.07. The molecule has 0 radical (unpaired) electrons. The Bertz CT molecular complexity index is 292. The molecule has 7 heteroatoms. The number of hydrogen-bond donors (Lipinski definition) is 2. The van der Waals surface area contributed by atoms with Gasteiger partial charge in [-0.1, -0.05) is 6.42 Å². The highest BCUT2D eigenvalue weighted by molar-refractivity contribution is 7.85. The number of nitrogens with two attached hydrogens (primary N) is 1. The molecule has 0 aromatic carbocycles. The minimum atomic E-state index is -3.67. The van der Waals surface area contributed by atoms with Crippen LogP contribution >= 0.6 is 0 Å². The molecule has 0 aromatic rings. The van der Waals surface area contributed by atoms with Gasteiger partial charge in [-0.2, -0.15) is 8.42 Å². The fraction of sp³-hybridized carbons (Fsp3) is 0.875. The molecule has 0 spiro atoms. The minimum absolute atomic E-state index is 0.0347. The summed E-state index contributed by atoms with van der Waals surface area (Å²) < 4.78 is 30.5. The van der Waals surface area contributed by atoms with Crippen molar-refractivity contribution in [1.82, 2.24) is 0 Å². The average Bonchev–Trinajstić information content (AvgIpc) is 2.47. The van der Waals surface area contributed by atoms with Crippen LogP contribution in [0, 0.1) is 5.92 Å². The Balaban J connectivity index is 0.000000336. The highest BCUT2D eigenvalue weighted by Gasteiger charge is 2.30. The molecule has 1 fully saturated rings. The Morgan fingerprint density at radius 1 is 1.47 bits per heavy atom. The number of carbonyl (C=O) groups is 1. The van der Waals surface area contributed by atoms with Crippen molar-refractivity contribution in [2.24, 2.45) is 11.7 Å². The van der Waals surface area contributed by atoms with Crippen LogP contribution in [0.5, 0.6) is 0 Å². The molecule has 0 aromatic heterocycles. The fourth-order valence-electron chi connectivity index (χ4n) is 1.43. The molecule has 0 amide bonds. The number of esters is 1.